The molecule has 0 aromatic heterocycles. The average Bonchev–Trinajstić information content (AvgIpc) is 2.59. The number of fused-ring (bicyclic) bond motifs is 1. The Kier molecular flexibility index (Phi) is 5.20. The van der Waals surface area contributed by atoms with E-state index in [9.17, 15) is 13.8 Å². The molecule has 0 spiro atoms. The molecule has 1 aliphatic heterocycles. The molecule has 2 aromatic carbocycles. The van der Waals surface area contributed by atoms with Gasteiger partial charge in [-0.2, -0.15) is 0 Å². The molecule has 1 aliphatic rings. The maximum atomic E-state index is 12.8. The number of nitrogens with one attached hydrogen (secondary N) is 2. The third-order valence-corrected chi connectivity index (χ3v) is 6.32. The molecule has 6 heteroatoms. The maximum Gasteiger partial charge on any atom is 0.241 e. The molecule has 5 nitrogen and oxygen atoms in total. The van der Waals surface area contributed by atoms with Crippen LogP contribution in [0.2, 0.25) is 0 Å². The SMILES string of the molecule is Cc1cccc(C(C)(C)C)c1NC(=O)CC1C(=O)Nc2ccccc2S1=O. The van der Waals surface area contributed by atoms with Crippen molar-refractivity contribution in [2.75, 3.05) is 10.6 Å². The molecular weight excluding hydrogens is 360 g/mol. The lowest BCUT2D eigenvalue weighted by atomic mass is 9.84. The lowest BCUT2D eigenvalue weighted by Gasteiger charge is -2.26. The Morgan fingerprint density at radius 2 is 1.85 bits per heavy atom. The van der Waals surface area contributed by atoms with Crippen molar-refractivity contribution in [1.82, 2.24) is 0 Å². The second-order valence-corrected chi connectivity index (χ2v) is 9.37. The molecule has 2 aromatic rings. The van der Waals surface area contributed by atoms with Crippen molar-refractivity contribution in [3.8, 4) is 0 Å². The molecule has 2 atom stereocenters. The van der Waals surface area contributed by atoms with Gasteiger partial charge in [-0.05, 0) is 35.6 Å². The monoisotopic (exact) mass is 384 g/mol. The number of carbonyl (C=O) groups excluding carboxylic acids is 2. The Hall–Kier alpha value is -2.47. The van der Waals surface area contributed by atoms with E-state index in [2.05, 4.69) is 31.4 Å². The van der Waals surface area contributed by atoms with Gasteiger partial charge < -0.3 is 10.6 Å². The van der Waals surface area contributed by atoms with Crippen LogP contribution in [0.4, 0.5) is 11.4 Å². The lowest BCUT2D eigenvalue weighted by Crippen LogP contribution is -2.39. The van der Waals surface area contributed by atoms with Crippen molar-refractivity contribution >= 4 is 34.0 Å². The Morgan fingerprint density at radius 3 is 2.56 bits per heavy atom. The number of hydrogen-bond acceptors (Lipinski definition) is 3. The Morgan fingerprint density at radius 1 is 1.15 bits per heavy atom. The highest BCUT2D eigenvalue weighted by molar-refractivity contribution is 7.86. The third kappa shape index (κ3) is 3.95. The molecule has 27 heavy (non-hydrogen) atoms. The second-order valence-electron chi connectivity index (χ2n) is 7.77. The summed E-state index contributed by atoms with van der Waals surface area (Å²) in [6.45, 7) is 8.18. The standard InChI is InChI=1S/C21H24N2O3S/c1-13-8-7-9-14(21(2,3)4)19(13)23-18(24)12-17-20(25)22-15-10-5-6-11-16(15)27(17)26/h5-11,17H,12H2,1-4H3,(H,22,25)(H,23,24). The normalized spacial score (nSPS) is 19.2. The van der Waals surface area contributed by atoms with Crippen LogP contribution in [0.25, 0.3) is 0 Å². The fourth-order valence-corrected chi connectivity index (χ4v) is 4.61. The van der Waals surface area contributed by atoms with Crippen molar-refractivity contribution in [1.29, 1.82) is 0 Å². The topological polar surface area (TPSA) is 75.3 Å². The first-order valence-corrected chi connectivity index (χ1v) is 10.1. The molecule has 0 fully saturated rings. The maximum absolute atomic E-state index is 12.8. The smallest absolute Gasteiger partial charge is 0.241 e. The molecular formula is C21H24N2O3S. The summed E-state index contributed by atoms with van der Waals surface area (Å²) in [5.74, 6) is -0.703. The fourth-order valence-electron chi connectivity index (χ4n) is 3.19. The quantitative estimate of drug-likeness (QED) is 0.846. The van der Waals surface area contributed by atoms with E-state index < -0.39 is 16.0 Å². The van der Waals surface area contributed by atoms with Gasteiger partial charge in [-0.15, -0.1) is 0 Å². The summed E-state index contributed by atoms with van der Waals surface area (Å²) in [5, 5.41) is 4.79. The van der Waals surface area contributed by atoms with Gasteiger partial charge in [0.25, 0.3) is 0 Å². The highest BCUT2D eigenvalue weighted by Gasteiger charge is 2.35. The summed E-state index contributed by atoms with van der Waals surface area (Å²) in [7, 11) is -1.56. The van der Waals surface area contributed by atoms with Gasteiger partial charge in [0, 0.05) is 5.69 Å². The first kappa shape index (κ1) is 19.3. The van der Waals surface area contributed by atoms with Crippen molar-refractivity contribution in [2.45, 2.75) is 49.7 Å². The highest BCUT2D eigenvalue weighted by atomic mass is 32.2. The van der Waals surface area contributed by atoms with E-state index in [1.807, 2.05) is 25.1 Å². The van der Waals surface area contributed by atoms with Crippen LogP contribution in [0.3, 0.4) is 0 Å². The number of rotatable bonds is 3. The third-order valence-electron chi connectivity index (χ3n) is 4.63. The highest BCUT2D eigenvalue weighted by Crippen LogP contribution is 2.33. The Balaban J connectivity index is 1.82. The van der Waals surface area contributed by atoms with Crippen molar-refractivity contribution < 1.29 is 13.8 Å². The van der Waals surface area contributed by atoms with E-state index in [1.54, 1.807) is 24.3 Å². The molecule has 0 saturated heterocycles. The number of aryl methyl sites for hydroxylation is 1. The first-order chi connectivity index (χ1) is 12.7. The van der Waals surface area contributed by atoms with Crippen LogP contribution in [-0.4, -0.2) is 21.3 Å². The van der Waals surface area contributed by atoms with E-state index in [0.717, 1.165) is 16.8 Å². The zero-order chi connectivity index (χ0) is 19.8. The lowest BCUT2D eigenvalue weighted by molar-refractivity contribution is -0.120. The van der Waals surface area contributed by atoms with Gasteiger partial charge in [-0.1, -0.05) is 51.1 Å². The van der Waals surface area contributed by atoms with Gasteiger partial charge in [0.2, 0.25) is 11.8 Å². The molecule has 0 saturated carbocycles. The largest absolute Gasteiger partial charge is 0.326 e. The first-order valence-electron chi connectivity index (χ1n) is 8.89. The van der Waals surface area contributed by atoms with Gasteiger partial charge >= 0.3 is 0 Å². The van der Waals surface area contributed by atoms with Crippen LogP contribution in [0.15, 0.2) is 47.4 Å². The van der Waals surface area contributed by atoms with Crippen LogP contribution in [0.1, 0.15) is 38.3 Å². The molecule has 142 valence electrons. The summed E-state index contributed by atoms with van der Waals surface area (Å²) < 4.78 is 12.8. The van der Waals surface area contributed by atoms with Crippen LogP contribution >= 0.6 is 0 Å². The number of hydrogen-bond donors (Lipinski definition) is 2. The molecule has 2 unspecified atom stereocenters. The van der Waals surface area contributed by atoms with E-state index in [1.165, 1.54) is 0 Å². The molecule has 2 amide bonds. The second kappa shape index (κ2) is 7.27. The Labute approximate surface area is 162 Å². The number of carbonyl (C=O) groups is 2. The minimum Gasteiger partial charge on any atom is -0.326 e. The molecule has 0 aliphatic carbocycles. The van der Waals surface area contributed by atoms with E-state index in [4.69, 9.17) is 0 Å². The van der Waals surface area contributed by atoms with Gasteiger partial charge in [0.15, 0.2) is 0 Å². The molecule has 2 N–H and O–H groups in total. The van der Waals surface area contributed by atoms with Crippen molar-refractivity contribution in [3.05, 3.63) is 53.6 Å². The van der Waals surface area contributed by atoms with Crippen LogP contribution in [0, 0.1) is 6.92 Å². The number of amides is 2. The van der Waals surface area contributed by atoms with Crippen molar-refractivity contribution in [3.63, 3.8) is 0 Å². The predicted molar refractivity (Wildman–Crippen MR) is 108 cm³/mol. The summed E-state index contributed by atoms with van der Waals surface area (Å²) in [6, 6.07) is 12.9. The van der Waals surface area contributed by atoms with Crippen molar-refractivity contribution in [2.24, 2.45) is 0 Å². The van der Waals surface area contributed by atoms with E-state index in [0.29, 0.717) is 10.6 Å². The summed E-state index contributed by atoms with van der Waals surface area (Å²) in [6.07, 6.45) is -0.134. The number of anilines is 2. The minimum atomic E-state index is -1.56. The number of benzene rings is 2. The molecule has 0 bridgehead atoms. The molecule has 1 heterocycles. The molecule has 0 radical (unpaired) electrons. The van der Waals surface area contributed by atoms with E-state index in [-0.39, 0.29) is 23.7 Å². The fraction of sp³-hybridized carbons (Fsp3) is 0.333. The number of para-hydroxylation sites is 2. The van der Waals surface area contributed by atoms with Gasteiger partial charge in [-0.3, -0.25) is 13.8 Å². The van der Waals surface area contributed by atoms with Gasteiger partial charge in [0.05, 0.1) is 27.8 Å². The van der Waals surface area contributed by atoms with E-state index >= 15 is 0 Å². The zero-order valence-corrected chi connectivity index (χ0v) is 16.8. The Bertz CT molecular complexity index is 931. The summed E-state index contributed by atoms with van der Waals surface area (Å²) in [4.78, 5) is 25.6. The van der Waals surface area contributed by atoms with Crippen LogP contribution < -0.4 is 10.6 Å². The van der Waals surface area contributed by atoms with Gasteiger partial charge in [0.1, 0.15) is 5.25 Å². The minimum absolute atomic E-state index is 0.134. The average molecular weight is 385 g/mol. The predicted octanol–water partition coefficient (Wildman–Crippen LogP) is 3.75. The van der Waals surface area contributed by atoms with Crippen LogP contribution in [-0.2, 0) is 25.8 Å². The molecule has 3 rings (SSSR count). The zero-order valence-electron chi connectivity index (χ0n) is 16.0. The van der Waals surface area contributed by atoms with Crippen LogP contribution in [0.5, 0.6) is 0 Å². The summed E-state index contributed by atoms with van der Waals surface area (Å²) >= 11 is 0. The summed E-state index contributed by atoms with van der Waals surface area (Å²) in [5.41, 5.74) is 3.15. The van der Waals surface area contributed by atoms with Gasteiger partial charge in [-0.25, -0.2) is 0 Å².